The van der Waals surface area contributed by atoms with Gasteiger partial charge in [-0.3, -0.25) is 0 Å². The quantitative estimate of drug-likeness (QED) is 0.812. The molecule has 2 N–H and O–H groups in total. The highest BCUT2D eigenvalue weighted by atomic mass is 16.5. The molecule has 0 aliphatic rings. The fourth-order valence-corrected chi connectivity index (χ4v) is 2.29. The Balaban J connectivity index is 2.35. The summed E-state index contributed by atoms with van der Waals surface area (Å²) >= 11 is 0. The van der Waals surface area contributed by atoms with Crippen LogP contribution in [-0.4, -0.2) is 38.7 Å². The van der Waals surface area contributed by atoms with Gasteiger partial charge in [0.25, 0.3) is 0 Å². The van der Waals surface area contributed by atoms with Crippen molar-refractivity contribution in [3.05, 3.63) is 41.5 Å². The van der Waals surface area contributed by atoms with Gasteiger partial charge >= 0.3 is 0 Å². The Bertz CT molecular complexity index is 804. The van der Waals surface area contributed by atoms with E-state index in [0.717, 1.165) is 0 Å². The molecule has 0 saturated heterocycles. The third-order valence-electron chi connectivity index (χ3n) is 3.56. The standard InChI is InChI=1S/C19H20O6/c1-22-13-10-15(21)19(18(11-13)25-4)14(20)7-5-12-6-8-16(23-2)17(9-12)24-3/h6,8-11,14,20-21H,1-4H3. The van der Waals surface area contributed by atoms with E-state index in [1.54, 1.807) is 31.4 Å². The molecule has 0 aliphatic carbocycles. The summed E-state index contributed by atoms with van der Waals surface area (Å²) in [6, 6.07) is 8.12. The smallest absolute Gasteiger partial charge is 0.161 e. The van der Waals surface area contributed by atoms with Gasteiger partial charge < -0.3 is 29.2 Å². The van der Waals surface area contributed by atoms with E-state index in [1.807, 2.05) is 0 Å². The Hall–Kier alpha value is -3.04. The Morgan fingerprint density at radius 1 is 0.840 bits per heavy atom. The van der Waals surface area contributed by atoms with Crippen LogP contribution in [0.5, 0.6) is 28.7 Å². The van der Waals surface area contributed by atoms with E-state index in [2.05, 4.69) is 11.8 Å². The maximum Gasteiger partial charge on any atom is 0.161 e. The molecule has 0 fully saturated rings. The zero-order valence-corrected chi connectivity index (χ0v) is 14.5. The van der Waals surface area contributed by atoms with Crippen LogP contribution < -0.4 is 18.9 Å². The van der Waals surface area contributed by atoms with Crippen LogP contribution in [0.4, 0.5) is 0 Å². The topological polar surface area (TPSA) is 77.4 Å². The summed E-state index contributed by atoms with van der Waals surface area (Å²) in [6.45, 7) is 0. The molecule has 0 aromatic heterocycles. The maximum atomic E-state index is 10.4. The van der Waals surface area contributed by atoms with Gasteiger partial charge in [-0.15, -0.1) is 0 Å². The Kier molecular flexibility index (Phi) is 5.98. The zero-order chi connectivity index (χ0) is 18.4. The third kappa shape index (κ3) is 4.08. The van der Waals surface area contributed by atoms with Crippen molar-refractivity contribution >= 4 is 0 Å². The Morgan fingerprint density at radius 3 is 2.12 bits per heavy atom. The van der Waals surface area contributed by atoms with Gasteiger partial charge in [-0.1, -0.05) is 11.8 Å². The summed E-state index contributed by atoms with van der Waals surface area (Å²) in [7, 11) is 5.99. The highest BCUT2D eigenvalue weighted by molar-refractivity contribution is 5.54. The van der Waals surface area contributed by atoms with Crippen LogP contribution in [0, 0.1) is 11.8 Å². The average Bonchev–Trinajstić information content (AvgIpc) is 2.64. The molecule has 0 aliphatic heterocycles. The van der Waals surface area contributed by atoms with Gasteiger partial charge in [-0.2, -0.15) is 0 Å². The van der Waals surface area contributed by atoms with Crippen LogP contribution in [0.25, 0.3) is 0 Å². The number of hydrogen-bond donors (Lipinski definition) is 2. The summed E-state index contributed by atoms with van der Waals surface area (Å²) in [6.07, 6.45) is -1.24. The van der Waals surface area contributed by atoms with E-state index in [-0.39, 0.29) is 17.1 Å². The summed E-state index contributed by atoms with van der Waals surface area (Å²) in [4.78, 5) is 0. The molecule has 0 bridgehead atoms. The minimum absolute atomic E-state index is 0.162. The first-order valence-corrected chi connectivity index (χ1v) is 7.40. The van der Waals surface area contributed by atoms with Crippen molar-refractivity contribution < 1.29 is 29.2 Å². The van der Waals surface area contributed by atoms with Crippen molar-refractivity contribution in [3.63, 3.8) is 0 Å². The van der Waals surface area contributed by atoms with Gasteiger partial charge in [-0.25, -0.2) is 0 Å². The van der Waals surface area contributed by atoms with Crippen molar-refractivity contribution in [3.8, 4) is 40.6 Å². The van der Waals surface area contributed by atoms with E-state index in [9.17, 15) is 10.2 Å². The lowest BCUT2D eigenvalue weighted by Gasteiger charge is -2.14. The lowest BCUT2D eigenvalue weighted by atomic mass is 10.1. The molecule has 2 rings (SSSR count). The lowest BCUT2D eigenvalue weighted by molar-refractivity contribution is 0.226. The molecule has 0 heterocycles. The predicted molar refractivity (Wildman–Crippen MR) is 92.6 cm³/mol. The largest absolute Gasteiger partial charge is 0.507 e. The first kappa shape index (κ1) is 18.3. The number of benzene rings is 2. The minimum atomic E-state index is -1.24. The molecule has 1 atom stereocenters. The summed E-state index contributed by atoms with van der Waals surface area (Å²) < 4.78 is 20.7. The lowest BCUT2D eigenvalue weighted by Crippen LogP contribution is -2.00. The van der Waals surface area contributed by atoms with Gasteiger partial charge in [0, 0.05) is 17.7 Å². The molecule has 0 radical (unpaired) electrons. The van der Waals surface area contributed by atoms with Crippen LogP contribution in [-0.2, 0) is 0 Å². The number of methoxy groups -OCH3 is 4. The van der Waals surface area contributed by atoms with Crippen LogP contribution in [0.15, 0.2) is 30.3 Å². The Morgan fingerprint density at radius 2 is 1.52 bits per heavy atom. The molecular formula is C19H20O6. The molecular weight excluding hydrogens is 324 g/mol. The second-order valence-corrected chi connectivity index (χ2v) is 5.00. The molecule has 132 valence electrons. The number of phenols is 1. The van der Waals surface area contributed by atoms with Crippen LogP contribution >= 0.6 is 0 Å². The number of hydrogen-bond acceptors (Lipinski definition) is 6. The number of aromatic hydroxyl groups is 1. The number of phenolic OH excluding ortho intramolecular Hbond substituents is 1. The number of aliphatic hydroxyl groups is 1. The van der Waals surface area contributed by atoms with Crippen LogP contribution in [0.3, 0.4) is 0 Å². The highest BCUT2D eigenvalue weighted by Gasteiger charge is 2.18. The van der Waals surface area contributed by atoms with Crippen LogP contribution in [0.2, 0.25) is 0 Å². The van der Waals surface area contributed by atoms with Gasteiger partial charge in [-0.05, 0) is 18.2 Å². The van der Waals surface area contributed by atoms with E-state index in [0.29, 0.717) is 22.8 Å². The summed E-state index contributed by atoms with van der Waals surface area (Å²) in [5, 5.41) is 20.5. The minimum Gasteiger partial charge on any atom is -0.507 e. The maximum absolute atomic E-state index is 10.4. The second kappa shape index (κ2) is 8.18. The second-order valence-electron chi connectivity index (χ2n) is 5.00. The summed E-state index contributed by atoms with van der Waals surface area (Å²) in [5.41, 5.74) is 0.806. The molecule has 6 nitrogen and oxygen atoms in total. The van der Waals surface area contributed by atoms with Crippen LogP contribution in [0.1, 0.15) is 17.2 Å². The molecule has 2 aromatic carbocycles. The van der Waals surface area contributed by atoms with Gasteiger partial charge in [0.1, 0.15) is 23.4 Å². The van der Waals surface area contributed by atoms with E-state index >= 15 is 0 Å². The molecule has 1 unspecified atom stereocenters. The summed E-state index contributed by atoms with van der Waals surface area (Å²) in [5.74, 6) is 7.19. The van der Waals surface area contributed by atoms with Gasteiger partial charge in [0.05, 0.1) is 34.0 Å². The first-order chi connectivity index (χ1) is 12.0. The SMILES string of the molecule is COc1cc(O)c(C(O)C#Cc2ccc(OC)c(OC)c2)c(OC)c1. The average molecular weight is 344 g/mol. The van der Waals surface area contributed by atoms with E-state index in [4.69, 9.17) is 18.9 Å². The molecule has 2 aromatic rings. The van der Waals surface area contributed by atoms with Crippen molar-refractivity contribution in [1.82, 2.24) is 0 Å². The van der Waals surface area contributed by atoms with Gasteiger partial charge in [0.15, 0.2) is 11.5 Å². The number of rotatable bonds is 5. The van der Waals surface area contributed by atoms with E-state index in [1.165, 1.54) is 27.4 Å². The molecule has 25 heavy (non-hydrogen) atoms. The highest BCUT2D eigenvalue weighted by Crippen LogP contribution is 2.37. The number of ether oxygens (including phenoxy) is 4. The van der Waals surface area contributed by atoms with Gasteiger partial charge in [0.2, 0.25) is 0 Å². The molecule has 0 spiro atoms. The number of aliphatic hydroxyl groups excluding tert-OH is 1. The van der Waals surface area contributed by atoms with Crippen molar-refractivity contribution in [2.24, 2.45) is 0 Å². The fourth-order valence-electron chi connectivity index (χ4n) is 2.29. The molecule has 0 amide bonds. The fraction of sp³-hybridized carbons (Fsp3) is 0.263. The normalized spacial score (nSPS) is 11.1. The van der Waals surface area contributed by atoms with Crippen molar-refractivity contribution in [2.45, 2.75) is 6.10 Å². The molecule has 0 saturated carbocycles. The van der Waals surface area contributed by atoms with Crippen molar-refractivity contribution in [2.75, 3.05) is 28.4 Å². The predicted octanol–water partition coefficient (Wildman–Crippen LogP) is 2.51. The molecule has 6 heteroatoms. The van der Waals surface area contributed by atoms with E-state index < -0.39 is 6.10 Å². The Labute approximate surface area is 146 Å². The first-order valence-electron chi connectivity index (χ1n) is 7.40. The zero-order valence-electron chi connectivity index (χ0n) is 14.5. The monoisotopic (exact) mass is 344 g/mol. The van der Waals surface area contributed by atoms with Crippen molar-refractivity contribution in [1.29, 1.82) is 0 Å². The third-order valence-corrected chi connectivity index (χ3v) is 3.56.